The van der Waals surface area contributed by atoms with E-state index in [1.54, 1.807) is 4.90 Å². The summed E-state index contributed by atoms with van der Waals surface area (Å²) in [4.78, 5) is 24.6. The van der Waals surface area contributed by atoms with E-state index in [1.165, 1.54) is 5.56 Å². The van der Waals surface area contributed by atoms with Gasteiger partial charge in [0, 0.05) is 12.2 Å². The maximum Gasteiger partial charge on any atom is 0.317 e. The number of hydrogen-bond acceptors (Lipinski definition) is 3. The summed E-state index contributed by atoms with van der Waals surface area (Å²) in [5.74, 6) is -0.502. The van der Waals surface area contributed by atoms with Crippen molar-refractivity contribution in [1.82, 2.24) is 4.90 Å². The molecule has 1 aromatic carbocycles. The van der Waals surface area contributed by atoms with E-state index < -0.39 is 5.97 Å². The number of benzene rings is 1. The zero-order valence-electron chi connectivity index (χ0n) is 12.3. The highest BCUT2D eigenvalue weighted by Crippen LogP contribution is 2.29. The van der Waals surface area contributed by atoms with Gasteiger partial charge >= 0.3 is 5.97 Å². The molecule has 0 bridgehead atoms. The van der Waals surface area contributed by atoms with Gasteiger partial charge in [0.05, 0.1) is 13.1 Å². The molecule has 1 amide bonds. The third kappa shape index (κ3) is 5.55. The van der Waals surface area contributed by atoms with E-state index in [4.69, 9.17) is 5.11 Å². The van der Waals surface area contributed by atoms with Gasteiger partial charge in [0.1, 0.15) is 0 Å². The Morgan fingerprint density at radius 2 is 1.90 bits per heavy atom. The molecule has 5 nitrogen and oxygen atoms in total. The van der Waals surface area contributed by atoms with E-state index in [1.807, 2.05) is 24.3 Å². The van der Waals surface area contributed by atoms with Gasteiger partial charge in [-0.1, -0.05) is 19.1 Å². The number of aliphatic carboxylic acids is 1. The lowest BCUT2D eigenvalue weighted by atomic mass is 10.1. The molecule has 1 aliphatic carbocycles. The Morgan fingerprint density at radius 1 is 1.24 bits per heavy atom. The predicted molar refractivity (Wildman–Crippen MR) is 81.2 cm³/mol. The number of carbonyl (C=O) groups is 2. The van der Waals surface area contributed by atoms with E-state index in [0.29, 0.717) is 12.5 Å². The third-order valence-corrected chi connectivity index (χ3v) is 3.59. The van der Waals surface area contributed by atoms with Crippen molar-refractivity contribution in [3.05, 3.63) is 29.8 Å². The van der Waals surface area contributed by atoms with Gasteiger partial charge in [0.25, 0.3) is 0 Å². The molecular weight excluding hydrogens is 268 g/mol. The van der Waals surface area contributed by atoms with Crippen molar-refractivity contribution in [1.29, 1.82) is 0 Å². The van der Waals surface area contributed by atoms with Crippen LogP contribution in [0.4, 0.5) is 5.69 Å². The number of nitrogens with one attached hydrogen (secondary N) is 1. The molecule has 0 atom stereocenters. The molecule has 0 saturated heterocycles. The van der Waals surface area contributed by atoms with Crippen LogP contribution in [0.3, 0.4) is 0 Å². The predicted octanol–water partition coefficient (Wildman–Crippen LogP) is 1.98. The lowest BCUT2D eigenvalue weighted by molar-refractivity contribution is -0.138. The largest absolute Gasteiger partial charge is 0.480 e. The average Bonchev–Trinajstić information content (AvgIpc) is 3.22. The van der Waals surface area contributed by atoms with E-state index in [9.17, 15) is 9.59 Å². The van der Waals surface area contributed by atoms with Crippen molar-refractivity contribution in [3.8, 4) is 0 Å². The summed E-state index contributed by atoms with van der Waals surface area (Å²) in [6, 6.07) is 7.71. The minimum Gasteiger partial charge on any atom is -0.480 e. The first-order valence-corrected chi connectivity index (χ1v) is 7.39. The second kappa shape index (κ2) is 7.22. The molecule has 0 aromatic heterocycles. The second-order valence-electron chi connectivity index (χ2n) is 5.61. The average molecular weight is 290 g/mol. The Balaban J connectivity index is 1.86. The monoisotopic (exact) mass is 290 g/mol. The van der Waals surface area contributed by atoms with Crippen LogP contribution in [0, 0.1) is 5.92 Å². The number of rotatable bonds is 8. The summed E-state index contributed by atoms with van der Waals surface area (Å²) >= 11 is 0. The number of aryl methyl sites for hydroxylation is 1. The summed E-state index contributed by atoms with van der Waals surface area (Å²) < 4.78 is 0. The first kappa shape index (κ1) is 15.5. The van der Waals surface area contributed by atoms with E-state index in [2.05, 4.69) is 12.2 Å². The molecule has 114 valence electrons. The van der Waals surface area contributed by atoms with Gasteiger partial charge in [-0.15, -0.1) is 0 Å². The molecule has 1 aliphatic rings. The van der Waals surface area contributed by atoms with Crippen molar-refractivity contribution in [2.75, 3.05) is 25.0 Å². The van der Waals surface area contributed by atoms with Crippen LogP contribution < -0.4 is 5.32 Å². The van der Waals surface area contributed by atoms with Crippen LogP contribution in [0.15, 0.2) is 24.3 Å². The summed E-state index contributed by atoms with van der Waals surface area (Å²) in [6.07, 6.45) is 3.23. The molecule has 1 fully saturated rings. The molecule has 5 heteroatoms. The highest BCUT2D eigenvalue weighted by molar-refractivity contribution is 5.92. The Labute approximate surface area is 125 Å². The smallest absolute Gasteiger partial charge is 0.317 e. The van der Waals surface area contributed by atoms with Crippen LogP contribution in [0.25, 0.3) is 0 Å². The molecule has 0 radical (unpaired) electrons. The number of anilines is 1. The van der Waals surface area contributed by atoms with Crippen LogP contribution in [0.2, 0.25) is 0 Å². The van der Waals surface area contributed by atoms with Crippen molar-refractivity contribution in [2.45, 2.75) is 26.2 Å². The summed E-state index contributed by atoms with van der Waals surface area (Å²) in [5, 5.41) is 11.7. The van der Waals surface area contributed by atoms with Crippen molar-refractivity contribution in [3.63, 3.8) is 0 Å². The maximum atomic E-state index is 12.0. The van der Waals surface area contributed by atoms with E-state index in [-0.39, 0.29) is 19.0 Å². The summed E-state index contributed by atoms with van der Waals surface area (Å²) in [7, 11) is 0. The first-order chi connectivity index (χ1) is 10.1. The van der Waals surface area contributed by atoms with Crippen molar-refractivity contribution >= 4 is 17.6 Å². The van der Waals surface area contributed by atoms with Gasteiger partial charge in [-0.25, -0.2) is 0 Å². The molecular formula is C16H22N2O3. The van der Waals surface area contributed by atoms with Crippen LogP contribution in [-0.4, -0.2) is 41.5 Å². The van der Waals surface area contributed by atoms with Gasteiger partial charge in [0.15, 0.2) is 0 Å². The first-order valence-electron chi connectivity index (χ1n) is 7.39. The highest BCUT2D eigenvalue weighted by atomic mass is 16.4. The van der Waals surface area contributed by atoms with Crippen molar-refractivity contribution in [2.24, 2.45) is 5.92 Å². The van der Waals surface area contributed by atoms with Gasteiger partial charge in [0.2, 0.25) is 5.91 Å². The second-order valence-corrected chi connectivity index (χ2v) is 5.61. The van der Waals surface area contributed by atoms with Gasteiger partial charge < -0.3 is 10.4 Å². The maximum absolute atomic E-state index is 12.0. The number of carboxylic acid groups (broad SMARTS) is 1. The summed E-state index contributed by atoms with van der Waals surface area (Å²) in [6.45, 7) is 2.81. The zero-order valence-corrected chi connectivity index (χ0v) is 12.3. The molecule has 21 heavy (non-hydrogen) atoms. The molecule has 1 aromatic rings. The number of hydrogen-bond donors (Lipinski definition) is 2. The fraction of sp³-hybridized carbons (Fsp3) is 0.500. The quantitative estimate of drug-likeness (QED) is 0.768. The Morgan fingerprint density at radius 3 is 2.43 bits per heavy atom. The van der Waals surface area contributed by atoms with Gasteiger partial charge in [-0.2, -0.15) is 0 Å². The normalized spacial score (nSPS) is 14.2. The van der Waals surface area contributed by atoms with Crippen LogP contribution >= 0.6 is 0 Å². The number of amides is 1. The standard InChI is InChI=1S/C16H22N2O3/c1-2-12-5-7-14(8-6-12)17-15(19)10-18(11-16(20)21)9-13-3-4-13/h5-8,13H,2-4,9-11H2,1H3,(H,17,19)(H,20,21). The molecule has 0 spiro atoms. The topological polar surface area (TPSA) is 69.6 Å². The SMILES string of the molecule is CCc1ccc(NC(=O)CN(CC(=O)O)CC2CC2)cc1. The number of carbonyl (C=O) groups excluding carboxylic acids is 1. The van der Waals surface area contributed by atoms with Crippen LogP contribution in [0.5, 0.6) is 0 Å². The van der Waals surface area contributed by atoms with Gasteiger partial charge in [-0.3, -0.25) is 14.5 Å². The Hall–Kier alpha value is -1.88. The van der Waals surface area contributed by atoms with Gasteiger partial charge in [-0.05, 0) is 42.9 Å². The lowest BCUT2D eigenvalue weighted by Gasteiger charge is -2.19. The van der Waals surface area contributed by atoms with Crippen molar-refractivity contribution < 1.29 is 14.7 Å². The lowest BCUT2D eigenvalue weighted by Crippen LogP contribution is -2.38. The highest BCUT2D eigenvalue weighted by Gasteiger charge is 2.26. The van der Waals surface area contributed by atoms with Crippen LogP contribution in [-0.2, 0) is 16.0 Å². The molecule has 2 rings (SSSR count). The molecule has 2 N–H and O–H groups in total. The third-order valence-electron chi connectivity index (χ3n) is 3.59. The number of carboxylic acids is 1. The summed E-state index contributed by atoms with van der Waals surface area (Å²) in [5.41, 5.74) is 1.97. The fourth-order valence-corrected chi connectivity index (χ4v) is 2.27. The Bertz CT molecular complexity index is 495. The fourth-order valence-electron chi connectivity index (χ4n) is 2.27. The Kier molecular flexibility index (Phi) is 5.33. The van der Waals surface area contributed by atoms with E-state index >= 15 is 0 Å². The van der Waals surface area contributed by atoms with Crippen LogP contribution in [0.1, 0.15) is 25.3 Å². The minimum absolute atomic E-state index is 0.0846. The molecule has 0 unspecified atom stereocenters. The molecule has 0 aliphatic heterocycles. The molecule has 0 heterocycles. The number of nitrogens with zero attached hydrogens (tertiary/aromatic N) is 1. The minimum atomic E-state index is -0.893. The zero-order chi connectivity index (χ0) is 15.2. The van der Waals surface area contributed by atoms with E-state index in [0.717, 1.165) is 24.9 Å². The molecule has 1 saturated carbocycles.